The maximum Gasteiger partial charge on any atom is 0.194 e. The molecule has 3 nitrogen and oxygen atoms in total. The van der Waals surface area contributed by atoms with Crippen LogP contribution in [0.25, 0.3) is 0 Å². The van der Waals surface area contributed by atoms with E-state index in [9.17, 15) is 0 Å². The summed E-state index contributed by atoms with van der Waals surface area (Å²) in [6.45, 7) is 3.90. The zero-order valence-corrected chi connectivity index (χ0v) is 10.5. The summed E-state index contributed by atoms with van der Waals surface area (Å²) < 4.78 is 0. The number of hydrogen-bond donors (Lipinski definition) is 0. The molecule has 82 valence electrons. The Bertz CT molecular complexity index is 479. The molecule has 16 heavy (non-hydrogen) atoms. The van der Waals surface area contributed by atoms with Gasteiger partial charge in [0.25, 0.3) is 0 Å². The summed E-state index contributed by atoms with van der Waals surface area (Å²) in [7, 11) is 0. The van der Waals surface area contributed by atoms with E-state index in [0.717, 1.165) is 16.4 Å². The summed E-state index contributed by atoms with van der Waals surface area (Å²) in [5.41, 5.74) is 1.92. The van der Waals surface area contributed by atoms with E-state index in [1.54, 1.807) is 12.3 Å². The van der Waals surface area contributed by atoms with Gasteiger partial charge in [0.05, 0.1) is 5.02 Å². The molecule has 0 bridgehead atoms. The van der Waals surface area contributed by atoms with Crippen LogP contribution >= 0.6 is 23.4 Å². The van der Waals surface area contributed by atoms with Gasteiger partial charge in [0.1, 0.15) is 5.03 Å². The van der Waals surface area contributed by atoms with E-state index in [1.807, 2.05) is 26.0 Å². The minimum atomic E-state index is 0.630. The summed E-state index contributed by atoms with van der Waals surface area (Å²) in [6, 6.07) is 5.60. The molecule has 0 spiro atoms. The molecule has 0 aliphatic rings. The topological polar surface area (TPSA) is 38.7 Å². The van der Waals surface area contributed by atoms with Crippen LogP contribution in [0.4, 0.5) is 0 Å². The molecule has 2 aromatic heterocycles. The highest BCUT2D eigenvalue weighted by atomic mass is 35.5. The number of pyridine rings is 1. The van der Waals surface area contributed by atoms with Crippen molar-refractivity contribution in [1.82, 2.24) is 15.0 Å². The Balaban J connectivity index is 2.23. The monoisotopic (exact) mass is 251 g/mol. The van der Waals surface area contributed by atoms with Gasteiger partial charge in [0.15, 0.2) is 5.16 Å². The first kappa shape index (κ1) is 11.4. The Kier molecular flexibility index (Phi) is 3.41. The first-order chi connectivity index (χ1) is 7.63. The van der Waals surface area contributed by atoms with Crippen molar-refractivity contribution < 1.29 is 0 Å². The maximum atomic E-state index is 5.76. The number of halogens is 1. The molecule has 0 fully saturated rings. The van der Waals surface area contributed by atoms with Gasteiger partial charge in [-0.2, -0.15) is 0 Å². The van der Waals surface area contributed by atoms with Crippen LogP contribution in [0, 0.1) is 13.8 Å². The Hall–Kier alpha value is -1.13. The van der Waals surface area contributed by atoms with Gasteiger partial charge in [0, 0.05) is 17.6 Å². The molecule has 5 heteroatoms. The Morgan fingerprint density at radius 1 is 1.12 bits per heavy atom. The first-order valence-corrected chi connectivity index (χ1v) is 5.94. The van der Waals surface area contributed by atoms with E-state index >= 15 is 0 Å². The van der Waals surface area contributed by atoms with Gasteiger partial charge in [-0.15, -0.1) is 0 Å². The summed E-state index contributed by atoms with van der Waals surface area (Å²) in [6.07, 6.45) is 1.62. The lowest BCUT2D eigenvalue weighted by atomic mass is 10.4. The van der Waals surface area contributed by atoms with Gasteiger partial charge in [0.2, 0.25) is 0 Å². The third kappa shape index (κ3) is 2.93. The van der Waals surface area contributed by atoms with Crippen LogP contribution in [-0.2, 0) is 0 Å². The average Bonchev–Trinajstić information content (AvgIpc) is 2.20. The zero-order chi connectivity index (χ0) is 11.5. The normalized spacial score (nSPS) is 10.4. The SMILES string of the molecule is Cc1cc(C)nc(Sc2ccc(Cl)cn2)n1. The van der Waals surface area contributed by atoms with Gasteiger partial charge in [-0.25, -0.2) is 15.0 Å². The largest absolute Gasteiger partial charge is 0.248 e. The van der Waals surface area contributed by atoms with E-state index in [-0.39, 0.29) is 0 Å². The molecule has 2 aromatic rings. The number of rotatable bonds is 2. The van der Waals surface area contributed by atoms with Crippen molar-refractivity contribution >= 4 is 23.4 Å². The molecule has 0 amide bonds. The minimum Gasteiger partial charge on any atom is -0.248 e. The summed E-state index contributed by atoms with van der Waals surface area (Å²) in [5.74, 6) is 0. The molecule has 0 N–H and O–H groups in total. The molecule has 0 radical (unpaired) electrons. The second-order valence-corrected chi connectivity index (χ2v) is 4.77. The lowest BCUT2D eigenvalue weighted by Crippen LogP contribution is -1.92. The fourth-order valence-electron chi connectivity index (χ4n) is 1.26. The van der Waals surface area contributed by atoms with Crippen LogP contribution in [-0.4, -0.2) is 15.0 Å². The average molecular weight is 252 g/mol. The van der Waals surface area contributed by atoms with Gasteiger partial charge >= 0.3 is 0 Å². The van der Waals surface area contributed by atoms with Crippen molar-refractivity contribution in [2.24, 2.45) is 0 Å². The molecule has 0 atom stereocenters. The van der Waals surface area contributed by atoms with Crippen LogP contribution in [0.2, 0.25) is 5.02 Å². The van der Waals surface area contributed by atoms with Crippen LogP contribution in [0.3, 0.4) is 0 Å². The van der Waals surface area contributed by atoms with Gasteiger partial charge in [-0.3, -0.25) is 0 Å². The lowest BCUT2D eigenvalue weighted by molar-refractivity contribution is 0.899. The van der Waals surface area contributed by atoms with E-state index in [4.69, 9.17) is 11.6 Å². The first-order valence-electron chi connectivity index (χ1n) is 4.75. The smallest absolute Gasteiger partial charge is 0.194 e. The number of nitrogens with zero attached hydrogens (tertiary/aromatic N) is 3. The highest BCUT2D eigenvalue weighted by Gasteiger charge is 2.03. The predicted octanol–water partition coefficient (Wildman–Crippen LogP) is 3.29. The van der Waals surface area contributed by atoms with Crippen LogP contribution < -0.4 is 0 Å². The molecule has 0 aromatic carbocycles. The molecule has 0 saturated heterocycles. The van der Waals surface area contributed by atoms with Crippen molar-refractivity contribution in [3.8, 4) is 0 Å². The van der Waals surface area contributed by atoms with Gasteiger partial charge < -0.3 is 0 Å². The van der Waals surface area contributed by atoms with Crippen LogP contribution in [0.5, 0.6) is 0 Å². The highest BCUT2D eigenvalue weighted by molar-refractivity contribution is 7.99. The second kappa shape index (κ2) is 4.80. The molecular formula is C11H10ClN3S. The highest BCUT2D eigenvalue weighted by Crippen LogP contribution is 2.23. The minimum absolute atomic E-state index is 0.630. The third-order valence-corrected chi connectivity index (χ3v) is 2.90. The van der Waals surface area contributed by atoms with E-state index in [1.165, 1.54) is 11.8 Å². The van der Waals surface area contributed by atoms with Gasteiger partial charge in [-0.05, 0) is 43.8 Å². The van der Waals surface area contributed by atoms with E-state index in [2.05, 4.69) is 15.0 Å². The van der Waals surface area contributed by atoms with E-state index < -0.39 is 0 Å². The number of aromatic nitrogens is 3. The summed E-state index contributed by atoms with van der Waals surface area (Å²) >= 11 is 7.19. The molecule has 0 aliphatic heterocycles. The predicted molar refractivity (Wildman–Crippen MR) is 64.9 cm³/mol. The quantitative estimate of drug-likeness (QED) is 0.768. The summed E-state index contributed by atoms with van der Waals surface area (Å²) in [5, 5.41) is 2.19. The number of hydrogen-bond acceptors (Lipinski definition) is 4. The molecule has 2 rings (SSSR count). The Morgan fingerprint density at radius 3 is 2.38 bits per heavy atom. The third-order valence-electron chi connectivity index (χ3n) is 1.86. The van der Waals surface area contributed by atoms with Crippen molar-refractivity contribution in [2.45, 2.75) is 24.0 Å². The van der Waals surface area contributed by atoms with Crippen molar-refractivity contribution in [3.05, 3.63) is 40.8 Å². The fourth-order valence-corrected chi connectivity index (χ4v) is 2.17. The summed E-state index contributed by atoms with van der Waals surface area (Å²) in [4.78, 5) is 12.8. The molecule has 0 saturated carbocycles. The molecule has 0 unspecified atom stereocenters. The van der Waals surface area contributed by atoms with E-state index in [0.29, 0.717) is 10.2 Å². The number of aryl methyl sites for hydroxylation is 2. The fraction of sp³-hybridized carbons (Fsp3) is 0.182. The Morgan fingerprint density at radius 2 is 1.81 bits per heavy atom. The molecule has 0 aliphatic carbocycles. The van der Waals surface area contributed by atoms with Crippen molar-refractivity contribution in [1.29, 1.82) is 0 Å². The molecule has 2 heterocycles. The molecular weight excluding hydrogens is 242 g/mol. The Labute approximate surface area is 103 Å². The van der Waals surface area contributed by atoms with Crippen LogP contribution in [0.1, 0.15) is 11.4 Å². The maximum absolute atomic E-state index is 5.76. The zero-order valence-electron chi connectivity index (χ0n) is 8.94. The standard InChI is InChI=1S/C11H10ClN3S/c1-7-5-8(2)15-11(14-7)16-10-4-3-9(12)6-13-10/h3-6H,1-2H3. The lowest BCUT2D eigenvalue weighted by Gasteiger charge is -2.02. The van der Waals surface area contributed by atoms with Crippen molar-refractivity contribution in [2.75, 3.05) is 0 Å². The van der Waals surface area contributed by atoms with Gasteiger partial charge in [-0.1, -0.05) is 11.6 Å². The van der Waals surface area contributed by atoms with Crippen molar-refractivity contribution in [3.63, 3.8) is 0 Å². The van der Waals surface area contributed by atoms with Crippen LogP contribution in [0.15, 0.2) is 34.6 Å². The second-order valence-electron chi connectivity index (χ2n) is 3.35.